The number of ether oxygens (including phenoxy) is 1. The number of aromatic hydroxyl groups is 1. The molecule has 1 aliphatic heterocycles. The van der Waals surface area contributed by atoms with Gasteiger partial charge in [0.25, 0.3) is 0 Å². The van der Waals surface area contributed by atoms with Crippen molar-refractivity contribution in [3.05, 3.63) is 29.8 Å². The molecule has 1 fully saturated rings. The van der Waals surface area contributed by atoms with Crippen LogP contribution in [-0.4, -0.2) is 39.9 Å². The highest BCUT2D eigenvalue weighted by atomic mass is 16.6. The van der Waals surface area contributed by atoms with Gasteiger partial charge in [0.15, 0.2) is 0 Å². The molecule has 1 atom stereocenters. The summed E-state index contributed by atoms with van der Waals surface area (Å²) in [6.07, 6.45) is 0.00367. The number of amides is 1. The minimum Gasteiger partial charge on any atom is -0.508 e. The SMILES string of the molecule is CC(C)(C)OC(=O)N1CCC(O)(c2cccc(O)c2)C1. The van der Waals surface area contributed by atoms with Gasteiger partial charge < -0.3 is 19.8 Å². The largest absolute Gasteiger partial charge is 0.508 e. The van der Waals surface area contributed by atoms with Crippen molar-refractivity contribution in [2.24, 2.45) is 0 Å². The second-order valence-corrected chi connectivity index (χ2v) is 6.23. The first kappa shape index (κ1) is 14.7. The second kappa shape index (κ2) is 4.98. The average molecular weight is 279 g/mol. The van der Waals surface area contributed by atoms with E-state index in [0.29, 0.717) is 18.5 Å². The van der Waals surface area contributed by atoms with Gasteiger partial charge in [0.05, 0.1) is 6.54 Å². The van der Waals surface area contributed by atoms with Crippen molar-refractivity contribution in [1.82, 2.24) is 4.90 Å². The molecule has 110 valence electrons. The Morgan fingerprint density at radius 2 is 2.10 bits per heavy atom. The molecule has 1 amide bonds. The van der Waals surface area contributed by atoms with Crippen LogP contribution in [0.25, 0.3) is 0 Å². The van der Waals surface area contributed by atoms with Crippen molar-refractivity contribution in [2.45, 2.75) is 38.4 Å². The van der Waals surface area contributed by atoms with Gasteiger partial charge in [-0.2, -0.15) is 0 Å². The molecule has 1 aliphatic rings. The van der Waals surface area contributed by atoms with Crippen molar-refractivity contribution in [2.75, 3.05) is 13.1 Å². The number of phenols is 1. The number of benzene rings is 1. The fourth-order valence-electron chi connectivity index (χ4n) is 2.31. The van der Waals surface area contributed by atoms with Crippen molar-refractivity contribution in [1.29, 1.82) is 0 Å². The standard InChI is InChI=1S/C15H21NO4/c1-14(2,3)20-13(18)16-8-7-15(19,10-16)11-5-4-6-12(17)9-11/h4-6,9,17,19H,7-8,10H2,1-3H3. The van der Waals surface area contributed by atoms with Gasteiger partial charge in [0.1, 0.15) is 17.0 Å². The highest BCUT2D eigenvalue weighted by molar-refractivity contribution is 5.68. The molecule has 0 aliphatic carbocycles. The zero-order valence-corrected chi connectivity index (χ0v) is 12.1. The third-order valence-electron chi connectivity index (χ3n) is 3.28. The summed E-state index contributed by atoms with van der Waals surface area (Å²) in [4.78, 5) is 13.5. The van der Waals surface area contributed by atoms with E-state index in [1.165, 1.54) is 11.0 Å². The molecule has 0 bridgehead atoms. The Bertz CT molecular complexity index is 509. The van der Waals surface area contributed by atoms with Crippen LogP contribution in [0.3, 0.4) is 0 Å². The first-order valence-electron chi connectivity index (χ1n) is 6.69. The molecule has 0 spiro atoms. The average Bonchev–Trinajstić information content (AvgIpc) is 2.71. The molecule has 5 nitrogen and oxygen atoms in total. The molecule has 20 heavy (non-hydrogen) atoms. The number of nitrogens with zero attached hydrogens (tertiary/aromatic N) is 1. The molecule has 0 saturated carbocycles. The van der Waals surface area contributed by atoms with E-state index in [9.17, 15) is 15.0 Å². The van der Waals surface area contributed by atoms with Gasteiger partial charge in [0.2, 0.25) is 0 Å². The van der Waals surface area contributed by atoms with Crippen molar-refractivity contribution < 1.29 is 19.7 Å². The molecule has 0 aromatic heterocycles. The van der Waals surface area contributed by atoms with Gasteiger partial charge in [-0.05, 0) is 44.9 Å². The summed E-state index contributed by atoms with van der Waals surface area (Å²) in [7, 11) is 0. The Labute approximate surface area is 118 Å². The minimum absolute atomic E-state index is 0.103. The normalized spacial score (nSPS) is 22.9. The maximum absolute atomic E-state index is 12.0. The molecule has 5 heteroatoms. The van der Waals surface area contributed by atoms with Gasteiger partial charge in [-0.25, -0.2) is 4.79 Å². The van der Waals surface area contributed by atoms with Crippen molar-refractivity contribution in [3.63, 3.8) is 0 Å². The quantitative estimate of drug-likeness (QED) is 0.827. The Hall–Kier alpha value is -1.75. The number of likely N-dealkylation sites (tertiary alicyclic amines) is 1. The lowest BCUT2D eigenvalue weighted by molar-refractivity contribution is 0.0139. The number of hydrogen-bond acceptors (Lipinski definition) is 4. The van der Waals surface area contributed by atoms with E-state index in [1.807, 2.05) is 20.8 Å². The molecule has 1 heterocycles. The molecule has 1 aromatic carbocycles. The third-order valence-corrected chi connectivity index (χ3v) is 3.28. The summed E-state index contributed by atoms with van der Waals surface area (Å²) in [6, 6.07) is 6.50. The van der Waals surface area contributed by atoms with Gasteiger partial charge >= 0.3 is 6.09 Å². The lowest BCUT2D eigenvalue weighted by atomic mass is 9.93. The molecule has 1 unspecified atom stereocenters. The Balaban J connectivity index is 2.10. The zero-order chi connectivity index (χ0) is 15.0. The number of β-amino-alcohol motifs (C(OH)–C–C–N with tert-alkyl or cyclic N) is 1. The van der Waals surface area contributed by atoms with E-state index in [2.05, 4.69) is 0 Å². The summed E-state index contributed by atoms with van der Waals surface area (Å²) in [5, 5.41) is 20.1. The first-order chi connectivity index (χ1) is 9.20. The predicted molar refractivity (Wildman–Crippen MR) is 74.4 cm³/mol. The lowest BCUT2D eigenvalue weighted by Crippen LogP contribution is -2.38. The van der Waals surface area contributed by atoms with Crippen molar-refractivity contribution in [3.8, 4) is 5.75 Å². The first-order valence-corrected chi connectivity index (χ1v) is 6.69. The Morgan fingerprint density at radius 1 is 1.40 bits per heavy atom. The molecule has 2 N–H and O–H groups in total. The van der Waals surface area contributed by atoms with Gasteiger partial charge in [-0.1, -0.05) is 12.1 Å². The van der Waals surface area contributed by atoms with Crippen LogP contribution in [0.1, 0.15) is 32.8 Å². The van der Waals surface area contributed by atoms with Crippen LogP contribution in [0.2, 0.25) is 0 Å². The van der Waals surface area contributed by atoms with Crippen LogP contribution < -0.4 is 0 Å². The molecule has 1 aromatic rings. The predicted octanol–water partition coefficient (Wildman–Crippen LogP) is 2.22. The van der Waals surface area contributed by atoms with E-state index in [0.717, 1.165) is 0 Å². The molecule has 2 rings (SSSR count). The topological polar surface area (TPSA) is 70.0 Å². The summed E-state index contributed by atoms with van der Waals surface area (Å²) in [6.45, 7) is 6.03. The Morgan fingerprint density at radius 3 is 2.70 bits per heavy atom. The highest BCUT2D eigenvalue weighted by Crippen LogP contribution is 2.33. The number of rotatable bonds is 1. The third kappa shape index (κ3) is 3.22. The fourth-order valence-corrected chi connectivity index (χ4v) is 2.31. The van der Waals surface area contributed by atoms with Crippen LogP contribution in [-0.2, 0) is 10.3 Å². The number of phenolic OH excluding ortho intramolecular Hbond substituents is 1. The van der Waals surface area contributed by atoms with Gasteiger partial charge in [-0.15, -0.1) is 0 Å². The summed E-state index contributed by atoms with van der Waals surface area (Å²) in [5.74, 6) is 0.103. The van der Waals surface area contributed by atoms with Crippen LogP contribution in [0.4, 0.5) is 4.79 Å². The monoisotopic (exact) mass is 279 g/mol. The Kier molecular flexibility index (Phi) is 3.65. The molecule has 1 saturated heterocycles. The van der Waals surface area contributed by atoms with E-state index in [-0.39, 0.29) is 12.3 Å². The zero-order valence-electron chi connectivity index (χ0n) is 12.1. The van der Waals surface area contributed by atoms with E-state index < -0.39 is 17.3 Å². The van der Waals surface area contributed by atoms with Crippen LogP contribution in [0.5, 0.6) is 5.75 Å². The summed E-state index contributed by atoms with van der Waals surface area (Å²) >= 11 is 0. The number of aliphatic hydroxyl groups is 1. The summed E-state index contributed by atoms with van der Waals surface area (Å²) < 4.78 is 5.30. The minimum atomic E-state index is -1.13. The van der Waals surface area contributed by atoms with E-state index in [1.54, 1.807) is 18.2 Å². The molecular formula is C15H21NO4. The smallest absolute Gasteiger partial charge is 0.410 e. The summed E-state index contributed by atoms with van der Waals surface area (Å²) in [5.41, 5.74) is -1.07. The van der Waals surface area contributed by atoms with E-state index in [4.69, 9.17) is 4.74 Å². The fraction of sp³-hybridized carbons (Fsp3) is 0.533. The number of hydrogen-bond donors (Lipinski definition) is 2. The van der Waals surface area contributed by atoms with Gasteiger partial charge in [-0.3, -0.25) is 0 Å². The lowest BCUT2D eigenvalue weighted by Gasteiger charge is -2.26. The number of carbonyl (C=O) groups is 1. The molecule has 0 radical (unpaired) electrons. The maximum Gasteiger partial charge on any atom is 0.410 e. The number of carbonyl (C=O) groups excluding carboxylic acids is 1. The van der Waals surface area contributed by atoms with Crippen molar-refractivity contribution >= 4 is 6.09 Å². The highest BCUT2D eigenvalue weighted by Gasteiger charge is 2.41. The molecular weight excluding hydrogens is 258 g/mol. The van der Waals surface area contributed by atoms with Crippen LogP contribution in [0, 0.1) is 0 Å². The van der Waals surface area contributed by atoms with Gasteiger partial charge in [0, 0.05) is 6.54 Å². The van der Waals surface area contributed by atoms with Crippen LogP contribution >= 0.6 is 0 Å². The van der Waals surface area contributed by atoms with E-state index >= 15 is 0 Å². The maximum atomic E-state index is 12.0. The second-order valence-electron chi connectivity index (χ2n) is 6.23. The van der Waals surface area contributed by atoms with Crippen LogP contribution in [0.15, 0.2) is 24.3 Å².